The van der Waals surface area contributed by atoms with E-state index < -0.39 is 0 Å². The number of rotatable bonds is 7. The number of amidine groups is 1. The summed E-state index contributed by atoms with van der Waals surface area (Å²) in [5.74, 6) is 1.03. The van der Waals surface area contributed by atoms with Crippen LogP contribution in [0.5, 0.6) is 0 Å². The Morgan fingerprint density at radius 2 is 1.45 bits per heavy atom. The van der Waals surface area contributed by atoms with Gasteiger partial charge < -0.3 is 10.1 Å². The van der Waals surface area contributed by atoms with Gasteiger partial charge in [0, 0.05) is 25.3 Å². The molecule has 4 rings (SSSR count). The Morgan fingerprint density at radius 1 is 0.871 bits per heavy atom. The van der Waals surface area contributed by atoms with Crippen LogP contribution in [0.4, 0.5) is 5.69 Å². The summed E-state index contributed by atoms with van der Waals surface area (Å²) in [6.45, 7) is 7.40. The molecule has 1 N–H and O–H groups in total. The molecular formula is C27H31N3O. The molecule has 0 saturated carbocycles. The molecule has 160 valence electrons. The van der Waals surface area contributed by atoms with Gasteiger partial charge >= 0.3 is 0 Å². The summed E-state index contributed by atoms with van der Waals surface area (Å²) >= 11 is 0. The van der Waals surface area contributed by atoms with Crippen LogP contribution in [-0.4, -0.2) is 50.1 Å². The van der Waals surface area contributed by atoms with Crippen molar-refractivity contribution in [3.05, 3.63) is 102 Å². The molecule has 0 atom stereocenters. The molecule has 1 heterocycles. The van der Waals surface area contributed by atoms with E-state index >= 15 is 0 Å². The number of nitrogens with zero attached hydrogens (tertiary/aromatic N) is 2. The highest BCUT2D eigenvalue weighted by Crippen LogP contribution is 2.27. The first kappa shape index (κ1) is 21.3. The predicted molar refractivity (Wildman–Crippen MR) is 129 cm³/mol. The first-order valence-electron chi connectivity index (χ1n) is 11.1. The van der Waals surface area contributed by atoms with Crippen molar-refractivity contribution in [2.45, 2.75) is 12.8 Å². The minimum atomic E-state index is 0.0494. The number of hydrogen-bond acceptors (Lipinski definition) is 3. The number of nitrogens with one attached hydrogen (secondary N) is 1. The van der Waals surface area contributed by atoms with Crippen LogP contribution in [0.3, 0.4) is 0 Å². The monoisotopic (exact) mass is 413 g/mol. The van der Waals surface area contributed by atoms with Crippen LogP contribution < -0.4 is 5.32 Å². The minimum absolute atomic E-state index is 0.0494. The van der Waals surface area contributed by atoms with Gasteiger partial charge in [-0.2, -0.15) is 0 Å². The van der Waals surface area contributed by atoms with Crippen molar-refractivity contribution in [2.75, 3.05) is 44.7 Å². The standard InChI is InChI=1S/C27H31N3O/c1-22-12-14-25(15-13-22)29-27(28-16-17-30-18-20-31-21-19-30)26(23-8-4-2-5-9-23)24-10-6-3-7-11-24/h2-15,26H,16-21H2,1H3,(H,28,29). The highest BCUT2D eigenvalue weighted by atomic mass is 16.5. The Kier molecular flexibility index (Phi) is 7.48. The van der Waals surface area contributed by atoms with Crippen molar-refractivity contribution >= 4 is 11.5 Å². The second kappa shape index (κ2) is 10.9. The van der Waals surface area contributed by atoms with Gasteiger partial charge in [0.2, 0.25) is 0 Å². The Morgan fingerprint density at radius 3 is 2.03 bits per heavy atom. The summed E-state index contributed by atoms with van der Waals surface area (Å²) in [5.41, 5.74) is 4.78. The van der Waals surface area contributed by atoms with Gasteiger partial charge in [0.25, 0.3) is 0 Å². The van der Waals surface area contributed by atoms with Gasteiger partial charge in [-0.1, -0.05) is 78.4 Å². The Hall–Kier alpha value is -2.95. The highest BCUT2D eigenvalue weighted by Gasteiger charge is 2.21. The lowest BCUT2D eigenvalue weighted by Gasteiger charge is -2.26. The summed E-state index contributed by atoms with van der Waals surface area (Å²) in [7, 11) is 0. The lowest BCUT2D eigenvalue weighted by molar-refractivity contribution is 0.0394. The van der Waals surface area contributed by atoms with Crippen molar-refractivity contribution in [2.24, 2.45) is 4.99 Å². The first-order valence-corrected chi connectivity index (χ1v) is 11.1. The molecule has 0 aromatic heterocycles. The van der Waals surface area contributed by atoms with Crippen LogP contribution in [0.2, 0.25) is 0 Å². The van der Waals surface area contributed by atoms with Gasteiger partial charge in [0.1, 0.15) is 5.84 Å². The van der Waals surface area contributed by atoms with E-state index in [4.69, 9.17) is 9.73 Å². The smallest absolute Gasteiger partial charge is 0.113 e. The largest absolute Gasteiger partial charge is 0.379 e. The second-order valence-electron chi connectivity index (χ2n) is 7.97. The van der Waals surface area contributed by atoms with Crippen LogP contribution in [0.1, 0.15) is 22.6 Å². The fourth-order valence-electron chi connectivity index (χ4n) is 3.92. The zero-order valence-corrected chi connectivity index (χ0v) is 18.2. The zero-order valence-electron chi connectivity index (χ0n) is 18.2. The summed E-state index contributed by atoms with van der Waals surface area (Å²) in [6.07, 6.45) is 0. The molecule has 1 aliphatic heterocycles. The molecular weight excluding hydrogens is 382 g/mol. The van der Waals surface area contributed by atoms with Gasteiger partial charge in [-0.05, 0) is 30.2 Å². The first-order chi connectivity index (χ1) is 15.3. The van der Waals surface area contributed by atoms with E-state index in [0.29, 0.717) is 0 Å². The highest BCUT2D eigenvalue weighted by molar-refractivity contribution is 6.02. The summed E-state index contributed by atoms with van der Waals surface area (Å²) in [5, 5.41) is 3.65. The van der Waals surface area contributed by atoms with E-state index in [1.54, 1.807) is 0 Å². The molecule has 1 saturated heterocycles. The maximum absolute atomic E-state index is 5.48. The van der Waals surface area contributed by atoms with E-state index in [2.05, 4.69) is 102 Å². The average molecular weight is 414 g/mol. The normalized spacial score (nSPS) is 15.2. The van der Waals surface area contributed by atoms with Crippen LogP contribution in [0.25, 0.3) is 0 Å². The Bertz CT molecular complexity index is 909. The average Bonchev–Trinajstić information content (AvgIpc) is 2.83. The van der Waals surface area contributed by atoms with Gasteiger partial charge in [-0.25, -0.2) is 0 Å². The van der Waals surface area contributed by atoms with Gasteiger partial charge in [-0.3, -0.25) is 9.89 Å². The number of ether oxygens (including phenoxy) is 1. The van der Waals surface area contributed by atoms with Gasteiger partial charge in [0.05, 0.1) is 25.7 Å². The number of hydrogen-bond donors (Lipinski definition) is 1. The van der Waals surface area contributed by atoms with E-state index in [0.717, 1.165) is 50.9 Å². The van der Waals surface area contributed by atoms with Crippen molar-refractivity contribution in [1.82, 2.24) is 4.90 Å². The third-order valence-corrected chi connectivity index (χ3v) is 5.67. The number of aliphatic imine (C=N–C) groups is 1. The SMILES string of the molecule is Cc1ccc(NC(=NCCN2CCOCC2)C(c2ccccc2)c2ccccc2)cc1. The van der Waals surface area contributed by atoms with Crippen LogP contribution >= 0.6 is 0 Å². The molecule has 1 fully saturated rings. The van der Waals surface area contributed by atoms with Gasteiger partial charge in [0.15, 0.2) is 0 Å². The van der Waals surface area contributed by atoms with E-state index in [-0.39, 0.29) is 5.92 Å². The van der Waals surface area contributed by atoms with Gasteiger partial charge in [-0.15, -0.1) is 0 Å². The van der Waals surface area contributed by atoms with E-state index in [1.165, 1.54) is 16.7 Å². The third kappa shape index (κ3) is 6.03. The van der Waals surface area contributed by atoms with E-state index in [9.17, 15) is 0 Å². The van der Waals surface area contributed by atoms with Crippen molar-refractivity contribution in [3.8, 4) is 0 Å². The minimum Gasteiger partial charge on any atom is -0.379 e. The van der Waals surface area contributed by atoms with Crippen molar-refractivity contribution in [3.63, 3.8) is 0 Å². The van der Waals surface area contributed by atoms with Crippen molar-refractivity contribution < 1.29 is 4.74 Å². The van der Waals surface area contributed by atoms with E-state index in [1.807, 2.05) is 0 Å². The molecule has 0 unspecified atom stereocenters. The fourth-order valence-corrected chi connectivity index (χ4v) is 3.92. The predicted octanol–water partition coefficient (Wildman–Crippen LogP) is 4.97. The lowest BCUT2D eigenvalue weighted by Crippen LogP contribution is -2.38. The number of anilines is 1. The molecule has 0 aliphatic carbocycles. The topological polar surface area (TPSA) is 36.9 Å². The fraction of sp³-hybridized carbons (Fsp3) is 0.296. The molecule has 3 aromatic rings. The maximum Gasteiger partial charge on any atom is 0.113 e. The molecule has 31 heavy (non-hydrogen) atoms. The number of aryl methyl sites for hydroxylation is 1. The second-order valence-corrected chi connectivity index (χ2v) is 7.97. The Labute approximate surface area is 185 Å². The summed E-state index contributed by atoms with van der Waals surface area (Å²) in [4.78, 5) is 7.54. The third-order valence-electron chi connectivity index (χ3n) is 5.67. The van der Waals surface area contributed by atoms with Crippen LogP contribution in [0, 0.1) is 6.92 Å². The molecule has 0 radical (unpaired) electrons. The zero-order chi connectivity index (χ0) is 21.3. The maximum atomic E-state index is 5.48. The molecule has 4 nitrogen and oxygen atoms in total. The quantitative estimate of drug-likeness (QED) is 0.439. The molecule has 4 heteroatoms. The molecule has 0 bridgehead atoms. The number of benzene rings is 3. The summed E-state index contributed by atoms with van der Waals surface area (Å²) < 4.78 is 5.48. The molecule has 0 amide bonds. The summed E-state index contributed by atoms with van der Waals surface area (Å²) in [6, 6.07) is 29.8. The molecule has 1 aliphatic rings. The molecule has 0 spiro atoms. The van der Waals surface area contributed by atoms with Crippen molar-refractivity contribution in [1.29, 1.82) is 0 Å². The number of morpholine rings is 1. The lowest BCUT2D eigenvalue weighted by atomic mass is 9.90. The molecule has 3 aromatic carbocycles. The van der Waals surface area contributed by atoms with Crippen LogP contribution in [0.15, 0.2) is 89.9 Å². The Balaban J connectivity index is 1.65. The van der Waals surface area contributed by atoms with Crippen LogP contribution in [-0.2, 0) is 4.74 Å².